The van der Waals surface area contributed by atoms with E-state index in [0.717, 1.165) is 36.9 Å². The molecule has 1 saturated carbocycles. The zero-order valence-electron chi connectivity index (χ0n) is 17.8. The average Bonchev–Trinajstić information content (AvgIpc) is 3.17. The van der Waals surface area contributed by atoms with Gasteiger partial charge in [-0.1, -0.05) is 12.1 Å². The molecule has 4 rings (SSSR count). The molecule has 0 aliphatic heterocycles. The Bertz CT molecular complexity index is 1070. The van der Waals surface area contributed by atoms with Crippen LogP contribution in [0.1, 0.15) is 42.7 Å². The lowest BCUT2D eigenvalue weighted by Crippen LogP contribution is -2.28. The van der Waals surface area contributed by atoms with Crippen LogP contribution in [0.5, 0.6) is 0 Å². The van der Waals surface area contributed by atoms with Gasteiger partial charge in [0.25, 0.3) is 5.69 Å². The molecule has 7 nitrogen and oxygen atoms in total. The van der Waals surface area contributed by atoms with Crippen LogP contribution in [0.4, 0.5) is 10.1 Å². The minimum Gasteiger partial charge on any atom is -0.441 e. The molecule has 0 bridgehead atoms. The van der Waals surface area contributed by atoms with Crippen molar-refractivity contribution in [3.63, 3.8) is 0 Å². The van der Waals surface area contributed by atoms with Gasteiger partial charge < -0.3 is 13.9 Å². The topological polar surface area (TPSA) is 87.6 Å². The van der Waals surface area contributed by atoms with Crippen LogP contribution in [0.25, 0.3) is 11.5 Å². The van der Waals surface area contributed by atoms with Crippen molar-refractivity contribution in [1.29, 1.82) is 0 Å². The summed E-state index contributed by atoms with van der Waals surface area (Å²) in [5.41, 5.74) is 2.30. The van der Waals surface area contributed by atoms with Gasteiger partial charge in [-0.2, -0.15) is 0 Å². The summed E-state index contributed by atoms with van der Waals surface area (Å²) < 4.78 is 31.0. The lowest BCUT2D eigenvalue weighted by Gasteiger charge is -2.29. The molecule has 0 spiro atoms. The van der Waals surface area contributed by atoms with E-state index < -0.39 is 4.92 Å². The van der Waals surface area contributed by atoms with E-state index in [1.807, 2.05) is 13.0 Å². The number of oxazole rings is 1. The maximum absolute atomic E-state index is 13.1. The Hall–Kier alpha value is -3.10. The molecule has 0 radical (unpaired) electrons. The average molecular weight is 440 g/mol. The van der Waals surface area contributed by atoms with Crippen LogP contribution in [-0.4, -0.2) is 22.1 Å². The fourth-order valence-electron chi connectivity index (χ4n) is 3.85. The second-order valence-electron chi connectivity index (χ2n) is 7.99. The van der Waals surface area contributed by atoms with Crippen molar-refractivity contribution >= 4 is 5.69 Å². The largest absolute Gasteiger partial charge is 0.441 e. The van der Waals surface area contributed by atoms with E-state index in [2.05, 4.69) is 4.98 Å². The van der Waals surface area contributed by atoms with Gasteiger partial charge in [-0.3, -0.25) is 10.1 Å². The number of aryl methyl sites for hydroxylation is 1. The van der Waals surface area contributed by atoms with E-state index in [-0.39, 0.29) is 23.7 Å². The van der Waals surface area contributed by atoms with Gasteiger partial charge >= 0.3 is 0 Å². The Morgan fingerprint density at radius 1 is 1.12 bits per heavy atom. The van der Waals surface area contributed by atoms with E-state index in [4.69, 9.17) is 13.9 Å². The summed E-state index contributed by atoms with van der Waals surface area (Å²) in [7, 11) is 0. The molecule has 1 aliphatic carbocycles. The van der Waals surface area contributed by atoms with Crippen LogP contribution < -0.4 is 0 Å². The summed E-state index contributed by atoms with van der Waals surface area (Å²) >= 11 is 0. The number of benzene rings is 2. The second kappa shape index (κ2) is 10.0. The number of ether oxygens (including phenoxy) is 2. The van der Waals surface area contributed by atoms with E-state index in [0.29, 0.717) is 30.4 Å². The van der Waals surface area contributed by atoms with Gasteiger partial charge in [-0.15, -0.1) is 0 Å². The van der Waals surface area contributed by atoms with Crippen LogP contribution in [0.3, 0.4) is 0 Å². The maximum atomic E-state index is 13.1. The van der Waals surface area contributed by atoms with E-state index in [1.165, 1.54) is 18.2 Å². The van der Waals surface area contributed by atoms with E-state index in [9.17, 15) is 14.5 Å². The quantitative estimate of drug-likeness (QED) is 0.328. The molecular weight excluding hydrogens is 415 g/mol. The normalized spacial score (nSPS) is 18.6. The van der Waals surface area contributed by atoms with Gasteiger partial charge in [0, 0.05) is 17.7 Å². The zero-order chi connectivity index (χ0) is 22.5. The van der Waals surface area contributed by atoms with Gasteiger partial charge in [0.05, 0.1) is 30.3 Å². The van der Waals surface area contributed by atoms with Gasteiger partial charge in [-0.25, -0.2) is 9.37 Å². The molecule has 2 unspecified atom stereocenters. The van der Waals surface area contributed by atoms with Crippen LogP contribution in [0, 0.1) is 22.9 Å². The Morgan fingerprint density at radius 3 is 2.56 bits per heavy atom. The Morgan fingerprint density at radius 2 is 1.84 bits per heavy atom. The Labute approximate surface area is 185 Å². The molecule has 0 saturated heterocycles. The monoisotopic (exact) mass is 440 g/mol. The summed E-state index contributed by atoms with van der Waals surface area (Å²) in [6.45, 7) is 2.51. The molecule has 3 aromatic rings. The summed E-state index contributed by atoms with van der Waals surface area (Å²) in [6, 6.07) is 12.5. The molecule has 0 N–H and O–H groups in total. The van der Waals surface area contributed by atoms with Crippen LogP contribution in [-0.2, 0) is 22.7 Å². The SMILES string of the molecule is Cc1oc(-c2ccc(F)cc2)nc1COC1CCCC(OCc2cccc([N+](=O)[O-])c2)C1. The number of hydrogen-bond donors (Lipinski definition) is 0. The molecule has 32 heavy (non-hydrogen) atoms. The highest BCUT2D eigenvalue weighted by Gasteiger charge is 2.24. The van der Waals surface area contributed by atoms with E-state index >= 15 is 0 Å². The molecule has 168 valence electrons. The first-order valence-electron chi connectivity index (χ1n) is 10.7. The Balaban J connectivity index is 1.29. The molecule has 1 fully saturated rings. The zero-order valence-corrected chi connectivity index (χ0v) is 17.8. The second-order valence-corrected chi connectivity index (χ2v) is 7.99. The molecule has 1 aromatic heterocycles. The fraction of sp³-hybridized carbons (Fsp3) is 0.375. The van der Waals surface area contributed by atoms with Crippen molar-refractivity contribution in [3.05, 3.63) is 81.5 Å². The lowest BCUT2D eigenvalue weighted by molar-refractivity contribution is -0.385. The first-order chi connectivity index (χ1) is 15.5. The number of aromatic nitrogens is 1. The standard InChI is InChI=1S/C24H25FN2O5/c1-16-23(26-24(32-16)18-8-10-19(25)11-9-18)15-31-22-7-3-6-21(13-22)30-14-17-4-2-5-20(12-17)27(28)29/h2,4-5,8-12,21-22H,3,6-7,13-15H2,1H3. The number of halogens is 1. The van der Waals surface area contributed by atoms with E-state index in [1.54, 1.807) is 24.3 Å². The van der Waals surface area contributed by atoms with Gasteiger partial charge in [0.15, 0.2) is 0 Å². The molecule has 2 aromatic carbocycles. The van der Waals surface area contributed by atoms with Crippen molar-refractivity contribution in [1.82, 2.24) is 4.98 Å². The van der Waals surface area contributed by atoms with Crippen molar-refractivity contribution in [2.75, 3.05) is 0 Å². The predicted octanol–water partition coefficient (Wildman–Crippen LogP) is 5.74. The Kier molecular flexibility index (Phi) is 6.92. The van der Waals surface area contributed by atoms with Crippen LogP contribution in [0.2, 0.25) is 0 Å². The maximum Gasteiger partial charge on any atom is 0.269 e. The van der Waals surface area contributed by atoms with Gasteiger partial charge in [0.1, 0.15) is 17.3 Å². The van der Waals surface area contributed by atoms with Crippen molar-refractivity contribution < 1.29 is 23.2 Å². The third-order valence-electron chi connectivity index (χ3n) is 5.62. The molecule has 1 aliphatic rings. The number of nitro groups is 1. The highest BCUT2D eigenvalue weighted by molar-refractivity contribution is 5.53. The van der Waals surface area contributed by atoms with Crippen LogP contribution >= 0.6 is 0 Å². The highest BCUT2D eigenvalue weighted by atomic mass is 19.1. The highest BCUT2D eigenvalue weighted by Crippen LogP contribution is 2.27. The molecule has 8 heteroatoms. The lowest BCUT2D eigenvalue weighted by atomic mass is 9.95. The minimum atomic E-state index is -0.401. The minimum absolute atomic E-state index is 0.0428. The number of non-ortho nitro benzene ring substituents is 1. The first kappa shape index (κ1) is 22.1. The molecular formula is C24H25FN2O5. The smallest absolute Gasteiger partial charge is 0.269 e. The third-order valence-corrected chi connectivity index (χ3v) is 5.62. The number of nitro benzene ring substituents is 1. The summed E-state index contributed by atoms with van der Waals surface area (Å²) in [5.74, 6) is 0.821. The van der Waals surface area contributed by atoms with Crippen molar-refractivity contribution in [2.24, 2.45) is 0 Å². The summed E-state index contributed by atoms with van der Waals surface area (Å²) in [6.07, 6.45) is 3.72. The first-order valence-corrected chi connectivity index (χ1v) is 10.7. The number of nitrogens with zero attached hydrogens (tertiary/aromatic N) is 2. The van der Waals surface area contributed by atoms with Crippen molar-refractivity contribution in [2.45, 2.75) is 58.0 Å². The van der Waals surface area contributed by atoms with Gasteiger partial charge in [0.2, 0.25) is 5.89 Å². The molecule has 0 amide bonds. The van der Waals surface area contributed by atoms with Gasteiger partial charge in [-0.05, 0) is 62.4 Å². The number of rotatable bonds is 8. The predicted molar refractivity (Wildman–Crippen MR) is 115 cm³/mol. The summed E-state index contributed by atoms with van der Waals surface area (Å²) in [5, 5.41) is 10.9. The third kappa shape index (κ3) is 5.57. The van der Waals surface area contributed by atoms with Crippen LogP contribution in [0.15, 0.2) is 52.9 Å². The number of hydrogen-bond acceptors (Lipinski definition) is 6. The molecule has 1 heterocycles. The van der Waals surface area contributed by atoms with Crippen molar-refractivity contribution in [3.8, 4) is 11.5 Å². The molecule has 2 atom stereocenters. The summed E-state index contributed by atoms with van der Waals surface area (Å²) in [4.78, 5) is 15.0. The fourth-order valence-corrected chi connectivity index (χ4v) is 3.85.